The summed E-state index contributed by atoms with van der Waals surface area (Å²) in [6.07, 6.45) is 1.72. The monoisotopic (exact) mass is 347 g/mol. The molecular weight excluding hydrogens is 326 g/mol. The van der Waals surface area contributed by atoms with E-state index in [1.165, 1.54) is 0 Å². The molecule has 0 aliphatic heterocycles. The molecule has 4 aromatic rings. The normalized spacial score (nSPS) is 11.0. The summed E-state index contributed by atoms with van der Waals surface area (Å²) in [5.74, 6) is 2.64. The van der Waals surface area contributed by atoms with Gasteiger partial charge < -0.3 is 20.0 Å². The third-order valence-electron chi connectivity index (χ3n) is 4.35. The average molecular weight is 347 g/mol. The maximum absolute atomic E-state index is 5.58. The molecule has 3 heterocycles. The van der Waals surface area contributed by atoms with Crippen LogP contribution in [0.3, 0.4) is 0 Å². The molecule has 0 saturated carbocycles. The first kappa shape index (κ1) is 16.2. The van der Waals surface area contributed by atoms with E-state index in [0.29, 0.717) is 13.1 Å². The number of furan rings is 1. The molecule has 0 unspecified atom stereocenters. The number of nitrogens with one attached hydrogen (secondary N) is 3. The van der Waals surface area contributed by atoms with E-state index in [2.05, 4.69) is 32.7 Å². The average Bonchev–Trinajstić information content (AvgIpc) is 3.25. The van der Waals surface area contributed by atoms with Crippen LogP contribution < -0.4 is 10.6 Å². The highest BCUT2D eigenvalue weighted by molar-refractivity contribution is 5.92. The first-order valence-electron chi connectivity index (χ1n) is 8.61. The molecule has 3 N–H and O–H groups in total. The minimum atomic E-state index is 0.614. The van der Waals surface area contributed by atoms with Crippen LogP contribution in [0.5, 0.6) is 0 Å². The van der Waals surface area contributed by atoms with Gasteiger partial charge in [0, 0.05) is 16.8 Å². The number of rotatable bonds is 6. The van der Waals surface area contributed by atoms with E-state index in [1.807, 2.05) is 44.2 Å². The number of pyridine rings is 1. The van der Waals surface area contributed by atoms with Crippen molar-refractivity contribution in [2.24, 2.45) is 0 Å². The number of fused-ring (bicyclic) bond motifs is 1. The molecule has 0 radical (unpaired) electrons. The Morgan fingerprint density at radius 2 is 1.92 bits per heavy atom. The van der Waals surface area contributed by atoms with E-state index in [9.17, 15) is 0 Å². The molecule has 0 aliphatic rings. The van der Waals surface area contributed by atoms with E-state index < -0.39 is 0 Å². The molecule has 4 rings (SSSR count). The van der Waals surface area contributed by atoms with Gasteiger partial charge in [-0.15, -0.1) is 0 Å². The number of aryl methyl sites for hydroxylation is 2. The molecule has 3 aromatic heterocycles. The first-order valence-corrected chi connectivity index (χ1v) is 8.61. The van der Waals surface area contributed by atoms with Gasteiger partial charge in [0.25, 0.3) is 0 Å². The lowest BCUT2D eigenvalue weighted by Crippen LogP contribution is -2.03. The second kappa shape index (κ2) is 6.92. The van der Waals surface area contributed by atoms with E-state index >= 15 is 0 Å². The van der Waals surface area contributed by atoms with Crippen LogP contribution in [0.4, 0.5) is 11.5 Å². The van der Waals surface area contributed by atoms with Gasteiger partial charge in [0.05, 0.1) is 30.6 Å². The highest BCUT2D eigenvalue weighted by Crippen LogP contribution is 2.24. The molecule has 6 nitrogen and oxygen atoms in total. The van der Waals surface area contributed by atoms with Gasteiger partial charge in [-0.25, -0.2) is 9.97 Å². The van der Waals surface area contributed by atoms with Gasteiger partial charge in [0.2, 0.25) is 0 Å². The van der Waals surface area contributed by atoms with Crippen LogP contribution in [-0.2, 0) is 13.1 Å². The number of imidazole rings is 1. The molecule has 132 valence electrons. The van der Waals surface area contributed by atoms with Crippen molar-refractivity contribution in [3.63, 3.8) is 0 Å². The van der Waals surface area contributed by atoms with Crippen molar-refractivity contribution >= 4 is 22.4 Å². The molecule has 26 heavy (non-hydrogen) atoms. The Balaban J connectivity index is 1.50. The van der Waals surface area contributed by atoms with Crippen LogP contribution in [0.2, 0.25) is 0 Å². The summed E-state index contributed by atoms with van der Waals surface area (Å²) < 4.78 is 5.58. The molecule has 0 atom stereocenters. The number of aromatic amines is 1. The molecule has 0 spiro atoms. The zero-order chi connectivity index (χ0) is 17.9. The molecule has 0 aliphatic carbocycles. The van der Waals surface area contributed by atoms with Crippen molar-refractivity contribution < 1.29 is 4.42 Å². The van der Waals surface area contributed by atoms with Crippen molar-refractivity contribution in [1.29, 1.82) is 0 Å². The number of anilines is 2. The van der Waals surface area contributed by atoms with Gasteiger partial charge in [0.15, 0.2) is 0 Å². The lowest BCUT2D eigenvalue weighted by atomic mass is 10.1. The Morgan fingerprint density at radius 3 is 2.69 bits per heavy atom. The number of nitrogens with zero attached hydrogens (tertiary/aromatic N) is 2. The van der Waals surface area contributed by atoms with E-state index in [-0.39, 0.29) is 0 Å². The highest BCUT2D eigenvalue weighted by atomic mass is 16.3. The molecule has 0 fully saturated rings. The standard InChI is InChI=1S/C20H21N5O/c1-13-6-7-15(26-13)10-22-20-9-8-16-17(4-3-5-18(16)25-20)21-11-19-14(2)23-12-24-19/h3-9,12,21H,10-11H2,1-2H3,(H,22,25)(H,23,24). The molecule has 0 saturated heterocycles. The number of H-pyrrole nitrogens is 1. The number of benzene rings is 1. The molecular formula is C20H21N5O. The lowest BCUT2D eigenvalue weighted by Gasteiger charge is -2.10. The number of hydrogen-bond acceptors (Lipinski definition) is 5. The van der Waals surface area contributed by atoms with Gasteiger partial charge >= 0.3 is 0 Å². The largest absolute Gasteiger partial charge is 0.465 e. The molecule has 1 aromatic carbocycles. The highest BCUT2D eigenvalue weighted by Gasteiger charge is 2.06. The summed E-state index contributed by atoms with van der Waals surface area (Å²) in [5, 5.41) is 7.84. The predicted octanol–water partition coefficient (Wildman–Crippen LogP) is 4.39. The van der Waals surface area contributed by atoms with Crippen LogP contribution in [0.25, 0.3) is 10.9 Å². The first-order chi connectivity index (χ1) is 12.7. The van der Waals surface area contributed by atoms with E-state index in [1.54, 1.807) is 6.33 Å². The van der Waals surface area contributed by atoms with Crippen molar-refractivity contribution in [2.75, 3.05) is 10.6 Å². The second-order valence-electron chi connectivity index (χ2n) is 6.26. The van der Waals surface area contributed by atoms with Crippen molar-refractivity contribution in [3.05, 3.63) is 71.7 Å². The Morgan fingerprint density at radius 1 is 1.00 bits per heavy atom. The quantitative estimate of drug-likeness (QED) is 0.482. The van der Waals surface area contributed by atoms with Gasteiger partial charge in [-0.05, 0) is 50.2 Å². The van der Waals surface area contributed by atoms with Crippen LogP contribution in [0.15, 0.2) is 53.2 Å². The summed E-state index contributed by atoms with van der Waals surface area (Å²) >= 11 is 0. The molecule has 6 heteroatoms. The minimum Gasteiger partial charge on any atom is -0.465 e. The fourth-order valence-electron chi connectivity index (χ4n) is 2.91. The van der Waals surface area contributed by atoms with E-state index in [4.69, 9.17) is 9.40 Å². The minimum absolute atomic E-state index is 0.614. The van der Waals surface area contributed by atoms with E-state index in [0.717, 1.165) is 45.3 Å². The summed E-state index contributed by atoms with van der Waals surface area (Å²) in [6, 6.07) is 14.1. The SMILES string of the molecule is Cc1ccc(CNc2ccc3c(NCc4nc[nH]c4C)cccc3n2)o1. The third-order valence-corrected chi connectivity index (χ3v) is 4.35. The fraction of sp³-hybridized carbons (Fsp3) is 0.200. The smallest absolute Gasteiger partial charge is 0.127 e. The zero-order valence-electron chi connectivity index (χ0n) is 14.8. The van der Waals surface area contributed by atoms with Crippen molar-refractivity contribution in [3.8, 4) is 0 Å². The van der Waals surface area contributed by atoms with Crippen molar-refractivity contribution in [1.82, 2.24) is 15.0 Å². The maximum Gasteiger partial charge on any atom is 0.127 e. The lowest BCUT2D eigenvalue weighted by molar-refractivity contribution is 0.490. The number of hydrogen-bond donors (Lipinski definition) is 3. The Hall–Kier alpha value is -3.28. The predicted molar refractivity (Wildman–Crippen MR) is 103 cm³/mol. The summed E-state index contributed by atoms with van der Waals surface area (Å²) in [6.45, 7) is 5.25. The second-order valence-corrected chi connectivity index (χ2v) is 6.26. The van der Waals surface area contributed by atoms with Gasteiger partial charge in [-0.1, -0.05) is 6.07 Å². The molecule has 0 bridgehead atoms. The van der Waals surface area contributed by atoms with Crippen LogP contribution in [-0.4, -0.2) is 15.0 Å². The zero-order valence-corrected chi connectivity index (χ0v) is 14.8. The van der Waals surface area contributed by atoms with Crippen LogP contribution in [0.1, 0.15) is 22.9 Å². The summed E-state index contributed by atoms with van der Waals surface area (Å²) in [7, 11) is 0. The van der Waals surface area contributed by atoms with Gasteiger partial charge in [-0.2, -0.15) is 0 Å². The Kier molecular flexibility index (Phi) is 4.31. The maximum atomic E-state index is 5.58. The third kappa shape index (κ3) is 3.39. The Bertz CT molecular complexity index is 1030. The fourth-order valence-corrected chi connectivity index (χ4v) is 2.91. The van der Waals surface area contributed by atoms with Crippen LogP contribution in [0, 0.1) is 13.8 Å². The van der Waals surface area contributed by atoms with Gasteiger partial charge in [-0.3, -0.25) is 0 Å². The summed E-state index contributed by atoms with van der Waals surface area (Å²) in [5.41, 5.74) is 4.08. The van der Waals surface area contributed by atoms with Crippen LogP contribution >= 0.6 is 0 Å². The summed E-state index contributed by atoms with van der Waals surface area (Å²) in [4.78, 5) is 12.1. The van der Waals surface area contributed by atoms with Crippen molar-refractivity contribution in [2.45, 2.75) is 26.9 Å². The Labute approximate surface area is 151 Å². The van der Waals surface area contributed by atoms with Gasteiger partial charge in [0.1, 0.15) is 17.3 Å². The topological polar surface area (TPSA) is 78.8 Å². The number of aromatic nitrogens is 3. The molecule has 0 amide bonds.